The van der Waals surface area contributed by atoms with E-state index in [1.54, 1.807) is 7.11 Å². The first kappa shape index (κ1) is 16.8. The molecule has 3 N–H and O–H groups in total. The molecule has 0 atom stereocenters. The lowest BCUT2D eigenvalue weighted by Crippen LogP contribution is -2.42. The molecule has 0 radical (unpaired) electrons. The molecule has 2 rings (SSSR count). The molecule has 0 aromatic heterocycles. The first-order valence-electron chi connectivity index (χ1n) is 7.27. The van der Waals surface area contributed by atoms with Crippen molar-refractivity contribution in [1.29, 1.82) is 0 Å². The minimum atomic E-state index is -0.0279. The topological polar surface area (TPSA) is 80.3 Å². The standard InChI is InChI=1S/C15H23N3O3S/c1-20-14-10-12(2-3-13(14)21-7-6-19)11-17-15(16)18-4-8-22-9-5-18/h2-3,10,19H,4-9,11H2,1H3,(H2,16,17). The molecule has 1 aromatic carbocycles. The van der Waals surface area contributed by atoms with Gasteiger partial charge in [0.25, 0.3) is 0 Å². The van der Waals surface area contributed by atoms with Crippen LogP contribution in [0, 0.1) is 0 Å². The lowest BCUT2D eigenvalue weighted by molar-refractivity contribution is 0.196. The molecule has 0 bridgehead atoms. The Morgan fingerprint density at radius 2 is 2.14 bits per heavy atom. The van der Waals surface area contributed by atoms with E-state index in [1.807, 2.05) is 30.0 Å². The fourth-order valence-corrected chi connectivity index (χ4v) is 3.05. The number of aliphatic imine (C=N–C) groups is 1. The zero-order valence-corrected chi connectivity index (χ0v) is 13.6. The predicted molar refractivity (Wildman–Crippen MR) is 89.8 cm³/mol. The lowest BCUT2D eigenvalue weighted by atomic mass is 10.2. The van der Waals surface area contributed by atoms with Gasteiger partial charge in [-0.25, -0.2) is 4.99 Å². The van der Waals surface area contributed by atoms with Gasteiger partial charge in [0.1, 0.15) is 6.61 Å². The highest BCUT2D eigenvalue weighted by atomic mass is 32.2. The summed E-state index contributed by atoms with van der Waals surface area (Å²) in [5.74, 6) is 4.04. The van der Waals surface area contributed by atoms with Crippen molar-refractivity contribution >= 4 is 17.7 Å². The number of hydrogen-bond donors (Lipinski definition) is 2. The van der Waals surface area contributed by atoms with Gasteiger partial charge in [-0.3, -0.25) is 0 Å². The molecule has 0 spiro atoms. The smallest absolute Gasteiger partial charge is 0.191 e. The van der Waals surface area contributed by atoms with Crippen LogP contribution >= 0.6 is 11.8 Å². The van der Waals surface area contributed by atoms with Crippen LogP contribution in [0.3, 0.4) is 0 Å². The van der Waals surface area contributed by atoms with Gasteiger partial charge >= 0.3 is 0 Å². The molecule has 6 nitrogen and oxygen atoms in total. The highest BCUT2D eigenvalue weighted by Crippen LogP contribution is 2.28. The largest absolute Gasteiger partial charge is 0.493 e. The van der Waals surface area contributed by atoms with Crippen LogP contribution in [0.15, 0.2) is 23.2 Å². The maximum atomic E-state index is 8.81. The Kier molecular flexibility index (Phi) is 6.67. The van der Waals surface area contributed by atoms with Gasteiger partial charge < -0.3 is 25.2 Å². The van der Waals surface area contributed by atoms with Gasteiger partial charge in [-0.2, -0.15) is 11.8 Å². The second-order valence-corrected chi connectivity index (χ2v) is 6.06. The van der Waals surface area contributed by atoms with E-state index in [1.165, 1.54) is 0 Å². The summed E-state index contributed by atoms with van der Waals surface area (Å²) in [5, 5.41) is 8.81. The molecule has 0 unspecified atom stereocenters. The Morgan fingerprint density at radius 1 is 1.36 bits per heavy atom. The Morgan fingerprint density at radius 3 is 2.82 bits per heavy atom. The molecule has 1 saturated heterocycles. The first-order valence-corrected chi connectivity index (χ1v) is 8.43. The molecule has 1 aromatic rings. The predicted octanol–water partition coefficient (Wildman–Crippen LogP) is 0.930. The van der Waals surface area contributed by atoms with E-state index < -0.39 is 0 Å². The van der Waals surface area contributed by atoms with Gasteiger partial charge in [-0.05, 0) is 17.7 Å². The van der Waals surface area contributed by atoms with Crippen molar-refractivity contribution in [3.05, 3.63) is 23.8 Å². The van der Waals surface area contributed by atoms with Crippen LogP contribution in [0.4, 0.5) is 0 Å². The van der Waals surface area contributed by atoms with E-state index in [0.29, 0.717) is 24.0 Å². The van der Waals surface area contributed by atoms with Gasteiger partial charge in [-0.15, -0.1) is 0 Å². The Bertz CT molecular complexity index is 505. The SMILES string of the molecule is COc1cc(CN=C(N)N2CCSCC2)ccc1OCCO. The Balaban J connectivity index is 1.99. The zero-order chi connectivity index (χ0) is 15.8. The average molecular weight is 325 g/mol. The maximum absolute atomic E-state index is 8.81. The zero-order valence-electron chi connectivity index (χ0n) is 12.8. The fraction of sp³-hybridized carbons (Fsp3) is 0.533. The third-order valence-corrected chi connectivity index (χ3v) is 4.28. The highest BCUT2D eigenvalue weighted by molar-refractivity contribution is 7.99. The number of aliphatic hydroxyl groups excluding tert-OH is 1. The van der Waals surface area contributed by atoms with Crippen molar-refractivity contribution in [1.82, 2.24) is 4.90 Å². The van der Waals surface area contributed by atoms with Gasteiger partial charge in [0.15, 0.2) is 17.5 Å². The van der Waals surface area contributed by atoms with Crippen molar-refractivity contribution in [3.8, 4) is 11.5 Å². The molecule has 0 aliphatic carbocycles. The van der Waals surface area contributed by atoms with Crippen molar-refractivity contribution < 1.29 is 14.6 Å². The molecule has 7 heteroatoms. The average Bonchev–Trinajstić information content (AvgIpc) is 2.58. The Hall–Kier alpha value is -1.60. The number of hydrogen-bond acceptors (Lipinski definition) is 5. The maximum Gasteiger partial charge on any atom is 0.191 e. The molecular formula is C15H23N3O3S. The highest BCUT2D eigenvalue weighted by Gasteiger charge is 2.12. The van der Waals surface area contributed by atoms with Crippen molar-refractivity contribution in [3.63, 3.8) is 0 Å². The van der Waals surface area contributed by atoms with Crippen LogP contribution in [0.2, 0.25) is 0 Å². The summed E-state index contributed by atoms with van der Waals surface area (Å²) >= 11 is 1.94. The second kappa shape index (κ2) is 8.75. The number of guanidine groups is 1. The van der Waals surface area contributed by atoms with Crippen molar-refractivity contribution in [2.45, 2.75) is 6.54 Å². The van der Waals surface area contributed by atoms with Crippen LogP contribution in [-0.2, 0) is 6.54 Å². The minimum Gasteiger partial charge on any atom is -0.493 e. The Labute approximate surface area is 135 Å². The van der Waals surface area contributed by atoms with Crippen molar-refractivity contribution in [2.24, 2.45) is 10.7 Å². The van der Waals surface area contributed by atoms with Gasteiger partial charge in [0, 0.05) is 24.6 Å². The number of aliphatic hydroxyl groups is 1. The lowest BCUT2D eigenvalue weighted by Gasteiger charge is -2.27. The van der Waals surface area contributed by atoms with E-state index in [0.717, 1.165) is 30.2 Å². The molecule has 0 saturated carbocycles. The van der Waals surface area contributed by atoms with E-state index in [-0.39, 0.29) is 13.2 Å². The molecule has 1 aliphatic rings. The van der Waals surface area contributed by atoms with E-state index >= 15 is 0 Å². The van der Waals surface area contributed by atoms with Crippen molar-refractivity contribution in [2.75, 3.05) is 44.9 Å². The fourth-order valence-electron chi connectivity index (χ4n) is 2.15. The van der Waals surface area contributed by atoms with Crippen LogP contribution in [0.1, 0.15) is 5.56 Å². The number of benzene rings is 1. The third-order valence-electron chi connectivity index (χ3n) is 3.34. The van der Waals surface area contributed by atoms with E-state index in [4.69, 9.17) is 20.3 Å². The number of methoxy groups -OCH3 is 1. The molecule has 0 amide bonds. The first-order chi connectivity index (χ1) is 10.7. The number of ether oxygens (including phenoxy) is 2. The van der Waals surface area contributed by atoms with Crippen LogP contribution < -0.4 is 15.2 Å². The number of thioether (sulfide) groups is 1. The summed E-state index contributed by atoms with van der Waals surface area (Å²) in [6.45, 7) is 2.63. The van der Waals surface area contributed by atoms with Gasteiger partial charge in [-0.1, -0.05) is 6.07 Å². The quantitative estimate of drug-likeness (QED) is 0.598. The normalized spacial score (nSPS) is 15.7. The van der Waals surface area contributed by atoms with E-state index in [2.05, 4.69) is 9.89 Å². The molecule has 22 heavy (non-hydrogen) atoms. The number of rotatable bonds is 6. The summed E-state index contributed by atoms with van der Waals surface area (Å²) in [6, 6.07) is 5.64. The third kappa shape index (κ3) is 4.71. The molecule has 1 fully saturated rings. The molecule has 122 valence electrons. The summed E-state index contributed by atoms with van der Waals surface area (Å²) in [5.41, 5.74) is 7.05. The summed E-state index contributed by atoms with van der Waals surface area (Å²) < 4.78 is 10.7. The summed E-state index contributed by atoms with van der Waals surface area (Å²) in [7, 11) is 1.59. The monoisotopic (exact) mass is 325 g/mol. The second-order valence-electron chi connectivity index (χ2n) is 4.83. The van der Waals surface area contributed by atoms with E-state index in [9.17, 15) is 0 Å². The molecule has 1 aliphatic heterocycles. The number of nitrogens with zero attached hydrogens (tertiary/aromatic N) is 2. The van der Waals surface area contributed by atoms with Gasteiger partial charge in [0.05, 0.1) is 20.3 Å². The van der Waals surface area contributed by atoms with Crippen LogP contribution in [0.25, 0.3) is 0 Å². The summed E-state index contributed by atoms with van der Waals surface area (Å²) in [6.07, 6.45) is 0. The minimum absolute atomic E-state index is 0.0279. The molecular weight excluding hydrogens is 302 g/mol. The van der Waals surface area contributed by atoms with Crippen LogP contribution in [-0.4, -0.2) is 60.9 Å². The summed E-state index contributed by atoms with van der Waals surface area (Å²) in [4.78, 5) is 6.58. The van der Waals surface area contributed by atoms with Crippen LogP contribution in [0.5, 0.6) is 11.5 Å². The van der Waals surface area contributed by atoms with Gasteiger partial charge in [0.2, 0.25) is 0 Å². The number of nitrogens with two attached hydrogens (primary N) is 1. The molecule has 1 heterocycles.